The minimum atomic E-state index is -0.453. The Balaban J connectivity index is 1.29. The molecule has 1 aliphatic rings. The molecule has 0 atom stereocenters. The number of ether oxygens (including phenoxy) is 2. The number of halogens is 1. The third kappa shape index (κ3) is 8.71. The van der Waals surface area contributed by atoms with Gasteiger partial charge < -0.3 is 34.0 Å². The van der Waals surface area contributed by atoms with Crippen molar-refractivity contribution in [2.75, 3.05) is 46.7 Å². The first-order valence-electron chi connectivity index (χ1n) is 17.1. The van der Waals surface area contributed by atoms with E-state index in [2.05, 4.69) is 20.3 Å². The lowest BCUT2D eigenvalue weighted by molar-refractivity contribution is -0.880. The van der Waals surface area contributed by atoms with Crippen LogP contribution in [0.25, 0.3) is 22.0 Å². The molecule has 276 valence electrons. The van der Waals surface area contributed by atoms with Crippen LogP contribution in [0.1, 0.15) is 17.5 Å². The fourth-order valence-electron chi connectivity index (χ4n) is 6.36. The number of hydrogen-bond donors (Lipinski definition) is 1. The summed E-state index contributed by atoms with van der Waals surface area (Å²) in [7, 11) is 6.93. The molecule has 14 heteroatoms. The highest BCUT2D eigenvalue weighted by Gasteiger charge is 2.28. The summed E-state index contributed by atoms with van der Waals surface area (Å²) in [6.45, 7) is 1.13. The van der Waals surface area contributed by atoms with Crippen LogP contribution >= 0.6 is 11.6 Å². The number of rotatable bonds is 15. The predicted molar refractivity (Wildman–Crippen MR) is 209 cm³/mol. The van der Waals surface area contributed by atoms with Crippen LogP contribution in [0, 0.1) is 10.1 Å². The van der Waals surface area contributed by atoms with Crippen molar-refractivity contribution in [3.05, 3.63) is 139 Å². The van der Waals surface area contributed by atoms with Gasteiger partial charge >= 0.3 is 5.82 Å². The van der Waals surface area contributed by atoms with Crippen molar-refractivity contribution < 1.29 is 23.7 Å². The number of benzene rings is 2. The lowest BCUT2D eigenvalue weighted by Crippen LogP contribution is -2.41. The first-order chi connectivity index (χ1) is 25.9. The number of nitrogens with one attached hydrogen (secondary N) is 1. The molecule has 0 radical (unpaired) electrons. The van der Waals surface area contributed by atoms with Gasteiger partial charge in [0.15, 0.2) is 5.78 Å². The molecule has 0 unspecified atom stereocenters. The van der Waals surface area contributed by atoms with Crippen LogP contribution in [0.3, 0.4) is 0 Å². The van der Waals surface area contributed by atoms with Gasteiger partial charge in [0.05, 0.1) is 57.5 Å². The molecule has 0 aliphatic carbocycles. The van der Waals surface area contributed by atoms with Crippen LogP contribution < -0.4 is 20.3 Å². The van der Waals surface area contributed by atoms with Gasteiger partial charge in [-0.25, -0.2) is 9.97 Å². The third-order valence-electron chi connectivity index (χ3n) is 8.93. The second-order valence-corrected chi connectivity index (χ2v) is 13.8. The maximum absolute atomic E-state index is 14.5. The van der Waals surface area contributed by atoms with Gasteiger partial charge in [-0.05, 0) is 52.5 Å². The number of likely N-dealkylation sites (N-methyl/N-ethyl adjacent to an activating group) is 1. The smallest absolute Gasteiger partial charge is 0.368 e. The summed E-state index contributed by atoms with van der Waals surface area (Å²) in [5.74, 6) is 1.76. The highest BCUT2D eigenvalue weighted by molar-refractivity contribution is 6.35. The van der Waals surface area contributed by atoms with Gasteiger partial charge in [-0.15, -0.1) is 0 Å². The zero-order chi connectivity index (χ0) is 38.4. The zero-order valence-electron chi connectivity index (χ0n) is 30.3. The number of nitrogens with zero attached hydrogens (tertiary/aromatic N) is 6. The van der Waals surface area contributed by atoms with Gasteiger partial charge in [0.2, 0.25) is 0 Å². The molecule has 0 bridgehead atoms. The Morgan fingerprint density at radius 1 is 1.02 bits per heavy atom. The molecule has 0 saturated heterocycles. The summed E-state index contributed by atoms with van der Waals surface area (Å²) in [4.78, 5) is 51.3. The molecular formula is C40H39ClN7O6+. The van der Waals surface area contributed by atoms with Crippen LogP contribution in [0.15, 0.2) is 112 Å². The molecule has 0 saturated carbocycles. The fraction of sp³-hybridized carbons (Fsp3) is 0.225. The predicted octanol–water partition coefficient (Wildman–Crippen LogP) is 6.63. The number of fused-ring (bicyclic) bond motifs is 1. The Bertz CT molecular complexity index is 2390. The Morgan fingerprint density at radius 2 is 1.83 bits per heavy atom. The molecule has 5 aromatic rings. The lowest BCUT2D eigenvalue weighted by Gasteiger charge is -2.28. The van der Waals surface area contributed by atoms with E-state index in [1.807, 2.05) is 56.6 Å². The van der Waals surface area contributed by atoms with Crippen LogP contribution in [0.2, 0.25) is 5.02 Å². The summed E-state index contributed by atoms with van der Waals surface area (Å²) < 4.78 is 13.1. The lowest BCUT2D eigenvalue weighted by atomic mass is 10.0. The van der Waals surface area contributed by atoms with Crippen molar-refractivity contribution in [3.8, 4) is 22.6 Å². The largest absolute Gasteiger partial charge is 0.497 e. The number of pyridine rings is 3. The van der Waals surface area contributed by atoms with E-state index in [1.165, 1.54) is 14.2 Å². The van der Waals surface area contributed by atoms with Crippen molar-refractivity contribution in [1.29, 1.82) is 0 Å². The Hall–Kier alpha value is -6.18. The Morgan fingerprint density at radius 3 is 2.57 bits per heavy atom. The van der Waals surface area contributed by atoms with Gasteiger partial charge in [-0.1, -0.05) is 46.9 Å². The Kier molecular flexibility index (Phi) is 11.3. The summed E-state index contributed by atoms with van der Waals surface area (Å²) >= 11 is 6.78. The number of aliphatic imine (C=N–C) groups is 1. The number of carbonyl (C=O) groups is 1. The second kappa shape index (κ2) is 16.2. The fourth-order valence-corrected chi connectivity index (χ4v) is 6.65. The number of anilines is 2. The van der Waals surface area contributed by atoms with Crippen molar-refractivity contribution in [1.82, 2.24) is 14.5 Å². The highest BCUT2D eigenvalue weighted by Crippen LogP contribution is 2.39. The quantitative estimate of drug-likeness (QED) is 0.0539. The second-order valence-electron chi connectivity index (χ2n) is 13.5. The van der Waals surface area contributed by atoms with Crippen molar-refractivity contribution in [2.45, 2.75) is 19.4 Å². The molecule has 54 heavy (non-hydrogen) atoms. The van der Waals surface area contributed by atoms with Crippen LogP contribution in [-0.2, 0) is 17.8 Å². The molecule has 1 aliphatic heterocycles. The molecule has 0 amide bonds. The summed E-state index contributed by atoms with van der Waals surface area (Å²) in [5, 5.41) is 15.5. The SMILES string of the molecule is COc1cc(OC)c(Cl)c(-c2cc3cnc(Nc4ccccn4)cc3n(Cc3cccc(CC(=O)/C=C/C[N+](C)(C)CC4=C([N+](=O)[O-])N=CC4)c3)c2=O)c1. The maximum atomic E-state index is 14.5. The van der Waals surface area contributed by atoms with Crippen molar-refractivity contribution in [3.63, 3.8) is 0 Å². The topological polar surface area (TPSA) is 151 Å². The van der Waals surface area contributed by atoms with Gasteiger partial charge in [0.25, 0.3) is 5.56 Å². The molecule has 0 spiro atoms. The van der Waals surface area contributed by atoms with Gasteiger partial charge in [-0.2, -0.15) is 0 Å². The summed E-state index contributed by atoms with van der Waals surface area (Å²) in [6, 6.07) is 20.0. The molecule has 2 aromatic carbocycles. The zero-order valence-corrected chi connectivity index (χ0v) is 31.0. The van der Waals surface area contributed by atoms with Gasteiger partial charge in [0, 0.05) is 53.9 Å². The van der Waals surface area contributed by atoms with Crippen molar-refractivity contribution in [2.24, 2.45) is 4.99 Å². The molecule has 3 aromatic heterocycles. The summed E-state index contributed by atoms with van der Waals surface area (Å²) in [5.41, 5.74) is 3.37. The molecular weight excluding hydrogens is 710 g/mol. The van der Waals surface area contributed by atoms with Crippen LogP contribution in [0.5, 0.6) is 11.5 Å². The van der Waals surface area contributed by atoms with E-state index in [-0.39, 0.29) is 35.2 Å². The standard InChI is InChI=1S/C40H38ClN7O6/c1-48(2,25-28-13-15-43-39(28)47(51)52)16-8-11-30(49)18-26-9-7-10-27(17-26)24-46-34-22-37(45-36-12-5-6-14-42-36)44-23-29(34)19-33(40(46)50)32-20-31(53-3)21-35(54-4)38(32)41/h5-12,14-15,17,19-23H,13,16,18,24-25H2,1-4H3/p+1/b11-8+. The number of methoxy groups -OCH3 is 2. The van der Waals surface area contributed by atoms with Gasteiger partial charge in [-0.3, -0.25) is 9.59 Å². The number of ketones is 1. The number of allylic oxidation sites excluding steroid dienone is 1. The highest BCUT2D eigenvalue weighted by atomic mass is 35.5. The number of quaternary nitrogens is 1. The molecule has 1 N–H and O–H groups in total. The van der Waals surface area contributed by atoms with Crippen LogP contribution in [0.4, 0.5) is 11.6 Å². The molecule has 0 fully saturated rings. The maximum Gasteiger partial charge on any atom is 0.368 e. The number of hydrogen-bond acceptors (Lipinski definition) is 10. The Labute approximate surface area is 316 Å². The molecule has 6 rings (SSSR count). The van der Waals surface area contributed by atoms with E-state index >= 15 is 0 Å². The minimum absolute atomic E-state index is 0.0919. The number of nitro groups is 1. The first kappa shape index (κ1) is 37.6. The van der Waals surface area contributed by atoms with Gasteiger partial charge in [0.1, 0.15) is 35.9 Å². The van der Waals surface area contributed by atoms with E-state index in [0.29, 0.717) is 74.7 Å². The summed E-state index contributed by atoms with van der Waals surface area (Å²) in [6.07, 6.45) is 8.87. The third-order valence-corrected chi connectivity index (χ3v) is 9.32. The van der Waals surface area contributed by atoms with E-state index in [9.17, 15) is 19.7 Å². The first-order valence-corrected chi connectivity index (χ1v) is 17.4. The minimum Gasteiger partial charge on any atom is -0.497 e. The van der Waals surface area contributed by atoms with Crippen LogP contribution in [-0.4, -0.2) is 77.3 Å². The van der Waals surface area contributed by atoms with E-state index < -0.39 is 4.92 Å². The van der Waals surface area contributed by atoms with E-state index in [1.54, 1.807) is 59.6 Å². The van der Waals surface area contributed by atoms with E-state index in [0.717, 1.165) is 11.1 Å². The number of carbonyl (C=O) groups excluding carboxylic acids is 1. The average molecular weight is 749 g/mol. The van der Waals surface area contributed by atoms with Crippen molar-refractivity contribution >= 4 is 46.1 Å². The monoisotopic (exact) mass is 748 g/mol. The molecule has 4 heterocycles. The average Bonchev–Trinajstić information content (AvgIpc) is 3.61. The normalized spacial score (nSPS) is 12.8. The molecule has 13 nitrogen and oxygen atoms in total. The number of aromatic nitrogens is 3. The van der Waals surface area contributed by atoms with E-state index in [4.69, 9.17) is 21.1 Å².